The van der Waals surface area contributed by atoms with Gasteiger partial charge in [0, 0.05) is 17.3 Å². The Morgan fingerprint density at radius 1 is 1.42 bits per heavy atom. The topological polar surface area (TPSA) is 55.1 Å². The van der Waals surface area contributed by atoms with Crippen molar-refractivity contribution in [2.75, 3.05) is 5.75 Å². The number of aromatic nitrogens is 2. The maximum absolute atomic E-state index is 13.0. The Morgan fingerprint density at radius 3 is 2.79 bits per heavy atom. The lowest BCUT2D eigenvalue weighted by Crippen LogP contribution is -2.41. The van der Waals surface area contributed by atoms with Crippen molar-refractivity contribution in [3.8, 4) is 0 Å². The third-order valence-corrected chi connectivity index (χ3v) is 4.17. The minimum atomic E-state index is -1.47. The molecule has 1 aromatic carbocycles. The zero-order chi connectivity index (χ0) is 13.6. The molecule has 2 aromatic rings. The summed E-state index contributed by atoms with van der Waals surface area (Å²) in [5.41, 5.74) is -0.676. The zero-order valence-corrected chi connectivity index (χ0v) is 10.9. The van der Waals surface area contributed by atoms with Gasteiger partial charge in [-0.15, -0.1) is 0 Å². The lowest BCUT2D eigenvalue weighted by Gasteiger charge is -2.24. The molecule has 1 aliphatic heterocycles. The van der Waals surface area contributed by atoms with E-state index in [9.17, 15) is 14.3 Å². The summed E-state index contributed by atoms with van der Waals surface area (Å²) < 4.78 is 14.2. The molecule has 1 aliphatic rings. The lowest BCUT2D eigenvalue weighted by molar-refractivity contribution is 0.0236. The van der Waals surface area contributed by atoms with Crippen molar-refractivity contribution in [2.24, 2.45) is 0 Å². The van der Waals surface area contributed by atoms with E-state index in [0.717, 1.165) is 0 Å². The van der Waals surface area contributed by atoms with Gasteiger partial charge < -0.3 is 5.11 Å². The number of hydrogen-bond donors (Lipinski definition) is 1. The van der Waals surface area contributed by atoms with E-state index in [2.05, 4.69) is 4.98 Å². The summed E-state index contributed by atoms with van der Waals surface area (Å²) in [6.45, 7) is 1.73. The summed E-state index contributed by atoms with van der Waals surface area (Å²) >= 11 is 1.31. The van der Waals surface area contributed by atoms with Crippen LogP contribution in [0.4, 0.5) is 4.39 Å². The third kappa shape index (κ3) is 1.87. The first-order valence-electron chi connectivity index (χ1n) is 5.73. The number of fused-ring (bicyclic) bond motifs is 1. The van der Waals surface area contributed by atoms with E-state index in [4.69, 9.17) is 0 Å². The molecule has 0 radical (unpaired) electrons. The van der Waals surface area contributed by atoms with Crippen LogP contribution >= 0.6 is 11.8 Å². The Bertz CT molecular complexity index is 699. The average Bonchev–Trinajstić information content (AvgIpc) is 2.69. The van der Waals surface area contributed by atoms with Crippen LogP contribution in [0.5, 0.6) is 0 Å². The summed E-state index contributed by atoms with van der Waals surface area (Å²) in [7, 11) is 0. The van der Waals surface area contributed by atoms with Crippen molar-refractivity contribution in [1.82, 2.24) is 9.55 Å². The smallest absolute Gasteiger partial charge is 0.257 e. The molecule has 0 unspecified atom stereocenters. The normalized spacial score (nSPS) is 21.4. The highest BCUT2D eigenvalue weighted by Crippen LogP contribution is 2.37. The molecule has 0 spiro atoms. The highest BCUT2D eigenvalue weighted by Gasteiger charge is 2.40. The fraction of sp³-hybridized carbons (Fsp3) is 0.231. The van der Waals surface area contributed by atoms with E-state index in [1.807, 2.05) is 0 Å². The molecule has 98 valence electrons. The highest BCUT2D eigenvalue weighted by molar-refractivity contribution is 7.99. The average molecular weight is 278 g/mol. The van der Waals surface area contributed by atoms with Crippen LogP contribution in [0.25, 0.3) is 0 Å². The molecule has 0 fully saturated rings. The fourth-order valence-electron chi connectivity index (χ4n) is 2.17. The van der Waals surface area contributed by atoms with Crippen LogP contribution in [0.2, 0.25) is 0 Å². The molecule has 0 aliphatic carbocycles. The van der Waals surface area contributed by atoms with Gasteiger partial charge in [0.15, 0.2) is 10.9 Å². The van der Waals surface area contributed by atoms with E-state index in [1.165, 1.54) is 46.7 Å². The van der Waals surface area contributed by atoms with E-state index in [1.54, 1.807) is 6.92 Å². The van der Waals surface area contributed by atoms with Gasteiger partial charge in [0.2, 0.25) is 0 Å². The van der Waals surface area contributed by atoms with Crippen LogP contribution < -0.4 is 5.56 Å². The van der Waals surface area contributed by atoms with Gasteiger partial charge in [-0.3, -0.25) is 9.36 Å². The molecule has 4 nitrogen and oxygen atoms in total. The van der Waals surface area contributed by atoms with Crippen molar-refractivity contribution < 1.29 is 9.50 Å². The summed E-state index contributed by atoms with van der Waals surface area (Å²) in [6, 6.07) is 6.88. The highest BCUT2D eigenvalue weighted by atomic mass is 32.2. The van der Waals surface area contributed by atoms with E-state index >= 15 is 0 Å². The predicted octanol–water partition coefficient (Wildman–Crippen LogP) is 1.49. The van der Waals surface area contributed by atoms with Crippen LogP contribution in [0.3, 0.4) is 0 Å². The molecule has 0 saturated carbocycles. The SMILES string of the molecule is Cc1cc(=O)n2c(n1)SC[C@@]2(O)c1ccc(F)cc1. The van der Waals surface area contributed by atoms with Crippen LogP contribution in [-0.2, 0) is 5.72 Å². The maximum Gasteiger partial charge on any atom is 0.257 e. The number of aryl methyl sites for hydroxylation is 1. The van der Waals surface area contributed by atoms with E-state index < -0.39 is 5.72 Å². The molecule has 0 bridgehead atoms. The second kappa shape index (κ2) is 4.18. The zero-order valence-electron chi connectivity index (χ0n) is 10.1. The number of aliphatic hydroxyl groups is 1. The van der Waals surface area contributed by atoms with Gasteiger partial charge in [-0.25, -0.2) is 9.37 Å². The molecule has 2 heterocycles. The van der Waals surface area contributed by atoms with Gasteiger partial charge in [0.25, 0.3) is 5.56 Å². The summed E-state index contributed by atoms with van der Waals surface area (Å²) in [4.78, 5) is 16.3. The first kappa shape index (κ1) is 12.4. The number of thioether (sulfide) groups is 1. The monoisotopic (exact) mass is 278 g/mol. The Balaban J connectivity index is 2.20. The number of nitrogens with zero attached hydrogens (tertiary/aromatic N) is 2. The van der Waals surface area contributed by atoms with Crippen LogP contribution in [0, 0.1) is 12.7 Å². The van der Waals surface area contributed by atoms with Gasteiger partial charge >= 0.3 is 0 Å². The fourth-order valence-corrected chi connectivity index (χ4v) is 3.37. The number of hydrogen-bond acceptors (Lipinski definition) is 4. The van der Waals surface area contributed by atoms with Crippen LogP contribution in [0.15, 0.2) is 40.3 Å². The van der Waals surface area contributed by atoms with Crippen molar-refractivity contribution in [3.05, 3.63) is 57.8 Å². The largest absolute Gasteiger partial charge is 0.366 e. The summed E-state index contributed by atoms with van der Waals surface area (Å²) in [6.07, 6.45) is 0. The van der Waals surface area contributed by atoms with Crippen molar-refractivity contribution >= 4 is 11.8 Å². The van der Waals surface area contributed by atoms with Crippen molar-refractivity contribution in [1.29, 1.82) is 0 Å². The number of rotatable bonds is 1. The first-order chi connectivity index (χ1) is 9.00. The molecule has 0 saturated heterocycles. The predicted molar refractivity (Wildman–Crippen MR) is 69.7 cm³/mol. The standard InChI is InChI=1S/C13H11FN2O2S/c1-8-6-11(17)16-12(15-8)19-7-13(16,18)9-2-4-10(14)5-3-9/h2-6,18H,7H2,1H3/t13-/m1/s1. The van der Waals surface area contributed by atoms with E-state index in [-0.39, 0.29) is 17.1 Å². The van der Waals surface area contributed by atoms with Crippen LogP contribution in [-0.4, -0.2) is 20.4 Å². The Hall–Kier alpha value is -1.66. The number of halogens is 1. The third-order valence-electron chi connectivity index (χ3n) is 3.10. The molecular weight excluding hydrogens is 267 g/mol. The quantitative estimate of drug-likeness (QED) is 0.803. The Kier molecular flexibility index (Phi) is 2.72. The molecular formula is C13H11FN2O2S. The molecule has 1 atom stereocenters. The van der Waals surface area contributed by atoms with Crippen molar-refractivity contribution in [3.63, 3.8) is 0 Å². The lowest BCUT2D eigenvalue weighted by atomic mass is 10.0. The Morgan fingerprint density at radius 2 is 2.11 bits per heavy atom. The van der Waals surface area contributed by atoms with E-state index in [0.29, 0.717) is 16.4 Å². The minimum absolute atomic E-state index is 0.282. The molecule has 1 N–H and O–H groups in total. The van der Waals surface area contributed by atoms with Gasteiger partial charge in [-0.2, -0.15) is 0 Å². The maximum atomic E-state index is 13.0. The van der Waals surface area contributed by atoms with Crippen LogP contribution in [0.1, 0.15) is 11.3 Å². The van der Waals surface area contributed by atoms with Gasteiger partial charge in [0.05, 0.1) is 5.75 Å². The molecule has 0 amide bonds. The second-order valence-electron chi connectivity index (χ2n) is 4.47. The summed E-state index contributed by atoms with van der Waals surface area (Å²) in [5, 5.41) is 11.2. The first-order valence-corrected chi connectivity index (χ1v) is 6.72. The molecule has 19 heavy (non-hydrogen) atoms. The number of benzene rings is 1. The minimum Gasteiger partial charge on any atom is -0.366 e. The van der Waals surface area contributed by atoms with Gasteiger partial charge in [-0.1, -0.05) is 23.9 Å². The Labute approximate surface area is 112 Å². The second-order valence-corrected chi connectivity index (χ2v) is 5.41. The van der Waals surface area contributed by atoms with Gasteiger partial charge in [0.1, 0.15) is 5.82 Å². The molecule has 6 heteroatoms. The molecule has 1 aromatic heterocycles. The summed E-state index contributed by atoms with van der Waals surface area (Å²) in [5.74, 6) is -0.0998. The van der Waals surface area contributed by atoms with Crippen molar-refractivity contribution in [2.45, 2.75) is 17.8 Å². The molecule has 3 rings (SSSR count). The van der Waals surface area contributed by atoms with Gasteiger partial charge in [-0.05, 0) is 19.1 Å².